The van der Waals surface area contributed by atoms with E-state index in [1.807, 2.05) is 0 Å². The molecule has 2 N–H and O–H groups in total. The highest BCUT2D eigenvalue weighted by Crippen LogP contribution is 2.50. The van der Waals surface area contributed by atoms with Crippen molar-refractivity contribution in [2.24, 2.45) is 0 Å². The van der Waals surface area contributed by atoms with Gasteiger partial charge in [0.05, 0.1) is 18.8 Å². The van der Waals surface area contributed by atoms with Crippen LogP contribution < -0.4 is 14.8 Å². The van der Waals surface area contributed by atoms with Gasteiger partial charge in [0.15, 0.2) is 5.54 Å². The summed E-state index contributed by atoms with van der Waals surface area (Å²) >= 11 is 0. The number of ether oxygens (including phenoxy) is 2. The van der Waals surface area contributed by atoms with Crippen LogP contribution in [0.5, 0.6) is 11.5 Å². The number of amides is 1. The lowest BCUT2D eigenvalue weighted by Crippen LogP contribution is -2.58. The molecule has 2 aliphatic heterocycles. The fraction of sp³-hybridized carbons (Fsp3) is 0.360. The number of fused-ring (bicyclic) bond motifs is 1. The average molecular weight is 553 g/mol. The minimum absolute atomic E-state index is 0.0691. The van der Waals surface area contributed by atoms with Crippen molar-refractivity contribution in [1.82, 2.24) is 25.9 Å². The Bertz CT molecular complexity index is 1390. The molecule has 2 aromatic carbocycles. The third-order valence-corrected chi connectivity index (χ3v) is 6.61. The summed E-state index contributed by atoms with van der Waals surface area (Å²) in [4.78, 5) is 13.3. The Balaban J connectivity index is 1.52. The molecule has 0 radical (unpaired) electrons. The van der Waals surface area contributed by atoms with Crippen molar-refractivity contribution in [1.29, 1.82) is 0 Å². The van der Waals surface area contributed by atoms with Crippen LogP contribution in [-0.2, 0) is 16.8 Å². The zero-order valence-corrected chi connectivity index (χ0v) is 20.1. The minimum Gasteiger partial charge on any atom is -0.494 e. The van der Waals surface area contributed by atoms with Crippen LogP contribution in [0.4, 0.5) is 26.3 Å². The quantitative estimate of drug-likeness (QED) is 0.324. The van der Waals surface area contributed by atoms with Crippen molar-refractivity contribution in [3.63, 3.8) is 0 Å². The van der Waals surface area contributed by atoms with Crippen LogP contribution in [0.1, 0.15) is 41.8 Å². The molecule has 0 spiro atoms. The molecule has 3 aromatic rings. The van der Waals surface area contributed by atoms with Gasteiger partial charge < -0.3 is 14.8 Å². The first kappa shape index (κ1) is 26.5. The topological polar surface area (TPSA) is 102 Å². The third kappa shape index (κ3) is 5.27. The highest BCUT2D eigenvalue weighted by atomic mass is 19.4. The van der Waals surface area contributed by atoms with Gasteiger partial charge in [-0.2, -0.15) is 31.6 Å². The third-order valence-electron chi connectivity index (χ3n) is 6.61. The fourth-order valence-corrected chi connectivity index (χ4v) is 4.72. The summed E-state index contributed by atoms with van der Waals surface area (Å²) in [5.74, 6) is -0.479. The van der Waals surface area contributed by atoms with Crippen LogP contribution in [0.2, 0.25) is 0 Å². The molecular weight excluding hydrogens is 532 g/mol. The van der Waals surface area contributed by atoms with E-state index in [2.05, 4.69) is 25.9 Å². The maximum absolute atomic E-state index is 14.8. The lowest BCUT2D eigenvalue weighted by Gasteiger charge is -2.41. The summed E-state index contributed by atoms with van der Waals surface area (Å²) in [5.41, 5.74) is -2.00. The van der Waals surface area contributed by atoms with Gasteiger partial charge in [0.2, 0.25) is 5.82 Å². The average Bonchev–Trinajstić information content (AvgIpc) is 3.57. The number of hydrogen-bond acceptors (Lipinski definition) is 6. The van der Waals surface area contributed by atoms with Gasteiger partial charge in [-0.1, -0.05) is 18.2 Å². The Morgan fingerprint density at radius 3 is 2.49 bits per heavy atom. The van der Waals surface area contributed by atoms with Crippen LogP contribution in [0.3, 0.4) is 0 Å². The van der Waals surface area contributed by atoms with Gasteiger partial charge in [-0.3, -0.25) is 4.79 Å². The van der Waals surface area contributed by atoms with Crippen LogP contribution in [0.15, 0.2) is 42.5 Å². The first-order valence-electron chi connectivity index (χ1n) is 11.9. The summed E-state index contributed by atoms with van der Waals surface area (Å²) < 4.78 is 92.4. The van der Waals surface area contributed by atoms with Gasteiger partial charge in [-0.25, -0.2) is 0 Å². The molecule has 0 saturated carbocycles. The molecule has 5 rings (SSSR count). The Morgan fingerprint density at radius 1 is 1.05 bits per heavy atom. The zero-order chi connectivity index (χ0) is 27.8. The molecular formula is C25H21F6N5O3. The lowest BCUT2D eigenvalue weighted by molar-refractivity contribution is -0.201. The SMILES string of the molecule is O=C1NC(c2ccc(OCCCC(F)(F)F)cc2)(C(F)(F)F)CC(c2ccc3c(c2)CCO3)=C1c1nn[nH]n1. The van der Waals surface area contributed by atoms with Crippen molar-refractivity contribution < 1.29 is 40.6 Å². The molecule has 0 saturated heterocycles. The summed E-state index contributed by atoms with van der Waals surface area (Å²) in [6.07, 6.45) is -10.7. The second-order valence-corrected chi connectivity index (χ2v) is 9.14. The second-order valence-electron chi connectivity index (χ2n) is 9.14. The van der Waals surface area contributed by atoms with E-state index in [0.29, 0.717) is 24.3 Å². The normalized spacial score (nSPS) is 19.5. The van der Waals surface area contributed by atoms with E-state index in [1.165, 1.54) is 12.1 Å². The standard InChI is InChI=1S/C25H21F6N5O3/c26-24(27,28)9-1-10-38-17-5-3-16(4-6-17)23(25(29,30)31)13-18(14-2-7-19-15(12-14)8-11-39-19)20(22(37)32-23)21-33-35-36-34-21/h2-7,12H,1,8-11,13H2,(H,32,37)(H,33,34,35,36). The highest BCUT2D eigenvalue weighted by molar-refractivity contribution is 6.27. The second kappa shape index (κ2) is 9.89. The fourth-order valence-electron chi connectivity index (χ4n) is 4.72. The Morgan fingerprint density at radius 2 is 1.82 bits per heavy atom. The molecule has 0 fully saturated rings. The van der Waals surface area contributed by atoms with Crippen LogP contribution >= 0.6 is 0 Å². The summed E-state index contributed by atoms with van der Waals surface area (Å²) in [6, 6.07) is 9.65. The van der Waals surface area contributed by atoms with Crippen molar-refractivity contribution in [3.05, 3.63) is 65.0 Å². The van der Waals surface area contributed by atoms with Gasteiger partial charge in [0.1, 0.15) is 11.5 Å². The van der Waals surface area contributed by atoms with Crippen LogP contribution in [-0.4, -0.2) is 52.1 Å². The Kier molecular flexibility index (Phi) is 6.72. The van der Waals surface area contributed by atoms with E-state index >= 15 is 0 Å². The maximum atomic E-state index is 14.8. The van der Waals surface area contributed by atoms with E-state index in [-0.39, 0.29) is 41.3 Å². The molecule has 206 valence electrons. The number of halogens is 6. The summed E-state index contributed by atoms with van der Waals surface area (Å²) in [7, 11) is 0. The van der Waals surface area contributed by atoms with E-state index < -0.39 is 36.6 Å². The van der Waals surface area contributed by atoms with E-state index in [1.54, 1.807) is 18.2 Å². The Labute approximate surface area is 217 Å². The molecule has 8 nitrogen and oxygen atoms in total. The number of hydrogen-bond donors (Lipinski definition) is 2. The molecule has 0 bridgehead atoms. The maximum Gasteiger partial charge on any atom is 0.416 e. The first-order valence-corrected chi connectivity index (χ1v) is 11.9. The summed E-state index contributed by atoms with van der Waals surface area (Å²) in [5, 5.41) is 15.4. The van der Waals surface area contributed by atoms with Gasteiger partial charge in [0.25, 0.3) is 5.91 Å². The molecule has 1 atom stereocenters. The van der Waals surface area contributed by atoms with Gasteiger partial charge in [0, 0.05) is 19.3 Å². The van der Waals surface area contributed by atoms with Crippen molar-refractivity contribution in [2.75, 3.05) is 13.2 Å². The van der Waals surface area contributed by atoms with Gasteiger partial charge in [-0.15, -0.1) is 10.2 Å². The van der Waals surface area contributed by atoms with E-state index in [9.17, 15) is 31.1 Å². The smallest absolute Gasteiger partial charge is 0.416 e. The predicted molar refractivity (Wildman–Crippen MR) is 124 cm³/mol. The van der Waals surface area contributed by atoms with Crippen molar-refractivity contribution >= 4 is 17.1 Å². The minimum atomic E-state index is -4.94. The van der Waals surface area contributed by atoms with Gasteiger partial charge in [-0.05, 0) is 58.2 Å². The molecule has 2 aliphatic rings. The molecule has 1 amide bonds. The van der Waals surface area contributed by atoms with Gasteiger partial charge >= 0.3 is 12.4 Å². The molecule has 0 aliphatic carbocycles. The number of carbonyl (C=O) groups excluding carboxylic acids is 1. The number of benzene rings is 2. The Hall–Kier alpha value is -4.10. The molecule has 3 heterocycles. The number of carbonyl (C=O) groups is 1. The monoisotopic (exact) mass is 553 g/mol. The zero-order valence-electron chi connectivity index (χ0n) is 20.1. The number of nitrogens with zero attached hydrogens (tertiary/aromatic N) is 3. The predicted octanol–water partition coefficient (Wildman–Crippen LogP) is 4.74. The number of tetrazole rings is 1. The molecule has 39 heavy (non-hydrogen) atoms. The first-order chi connectivity index (χ1) is 18.5. The van der Waals surface area contributed by atoms with Crippen molar-refractivity contribution in [3.8, 4) is 11.5 Å². The summed E-state index contributed by atoms with van der Waals surface area (Å²) in [6.45, 7) is 0.177. The van der Waals surface area contributed by atoms with Crippen LogP contribution in [0.25, 0.3) is 11.1 Å². The number of rotatable bonds is 7. The van der Waals surface area contributed by atoms with E-state index in [4.69, 9.17) is 9.47 Å². The lowest BCUT2D eigenvalue weighted by atomic mass is 9.76. The number of H-pyrrole nitrogens is 1. The number of alkyl halides is 6. The number of aromatic amines is 1. The van der Waals surface area contributed by atoms with Crippen LogP contribution in [0, 0.1) is 0 Å². The number of aromatic nitrogens is 4. The van der Waals surface area contributed by atoms with E-state index in [0.717, 1.165) is 17.7 Å². The largest absolute Gasteiger partial charge is 0.494 e. The molecule has 1 aromatic heterocycles. The molecule has 1 unspecified atom stereocenters. The van der Waals surface area contributed by atoms with Crippen molar-refractivity contribution in [2.45, 2.75) is 43.6 Å². The number of nitrogens with one attached hydrogen (secondary N) is 2. The molecule has 14 heteroatoms. The highest BCUT2D eigenvalue weighted by Gasteiger charge is 2.60.